The van der Waals surface area contributed by atoms with Crippen LogP contribution in [0.5, 0.6) is 0 Å². The number of carbonyl (C=O) groups excluding carboxylic acids is 1. The summed E-state index contributed by atoms with van der Waals surface area (Å²) in [5.41, 5.74) is 2.71. The second-order valence-corrected chi connectivity index (χ2v) is 8.84. The van der Waals surface area contributed by atoms with Crippen molar-refractivity contribution >= 4 is 38.9 Å². The third-order valence-electron chi connectivity index (χ3n) is 4.57. The normalized spacial score (nSPS) is 11.2. The monoisotopic (exact) mass is 423 g/mol. The molecule has 0 aromatic heterocycles. The first-order valence-corrected chi connectivity index (χ1v) is 11.3. The number of nitrogens with one attached hydrogen (secondary N) is 1. The van der Waals surface area contributed by atoms with Gasteiger partial charge in [0.1, 0.15) is 0 Å². The molecule has 2 rings (SSSR count). The van der Waals surface area contributed by atoms with Crippen molar-refractivity contribution in [1.29, 1.82) is 0 Å². The van der Waals surface area contributed by atoms with E-state index in [1.807, 2.05) is 24.3 Å². The molecule has 2 aromatic rings. The summed E-state index contributed by atoms with van der Waals surface area (Å²) >= 11 is 6.15. The van der Waals surface area contributed by atoms with Crippen molar-refractivity contribution in [2.24, 2.45) is 0 Å². The highest BCUT2D eigenvalue weighted by Crippen LogP contribution is 2.24. The summed E-state index contributed by atoms with van der Waals surface area (Å²) in [6, 6.07) is 12.6. The fraction of sp³-hybridized carbons (Fsp3) is 0.350. The van der Waals surface area contributed by atoms with E-state index in [2.05, 4.69) is 24.1 Å². The van der Waals surface area contributed by atoms with Gasteiger partial charge in [0.05, 0.1) is 22.5 Å². The zero-order valence-corrected chi connectivity index (χ0v) is 18.1. The summed E-state index contributed by atoms with van der Waals surface area (Å²) in [5.74, 6) is -0.360. The van der Waals surface area contributed by atoms with Gasteiger partial charge in [0.15, 0.2) is 0 Å². The zero-order valence-electron chi connectivity index (χ0n) is 16.6. The second kappa shape index (κ2) is 9.30. The van der Waals surface area contributed by atoms with Gasteiger partial charge in [-0.15, -0.1) is 0 Å². The maximum Gasteiger partial charge on any atom is 0.253 e. The molecule has 0 spiro atoms. The molecule has 2 aromatic carbocycles. The first-order valence-electron chi connectivity index (χ1n) is 9.02. The number of hydrogen-bond donors (Lipinski definition) is 1. The van der Waals surface area contributed by atoms with Crippen LogP contribution in [0.3, 0.4) is 0 Å². The van der Waals surface area contributed by atoms with Gasteiger partial charge < -0.3 is 10.2 Å². The molecule has 0 saturated heterocycles. The van der Waals surface area contributed by atoms with Gasteiger partial charge in [-0.1, -0.05) is 23.7 Å². The maximum atomic E-state index is 12.6. The van der Waals surface area contributed by atoms with Crippen molar-refractivity contribution in [2.45, 2.75) is 20.4 Å². The number of rotatable bonds is 8. The highest BCUT2D eigenvalue weighted by molar-refractivity contribution is 7.92. The number of nitrogens with zero attached hydrogens (tertiary/aromatic N) is 2. The second-order valence-electron chi connectivity index (χ2n) is 6.42. The van der Waals surface area contributed by atoms with Crippen molar-refractivity contribution in [3.63, 3.8) is 0 Å². The molecule has 0 fully saturated rings. The Kier molecular flexibility index (Phi) is 7.32. The van der Waals surface area contributed by atoms with Crippen molar-refractivity contribution in [2.75, 3.05) is 35.6 Å². The predicted octanol–water partition coefficient (Wildman–Crippen LogP) is 3.51. The largest absolute Gasteiger partial charge is 0.372 e. The predicted molar refractivity (Wildman–Crippen MR) is 116 cm³/mol. The summed E-state index contributed by atoms with van der Waals surface area (Å²) < 4.78 is 24.5. The van der Waals surface area contributed by atoms with Crippen LogP contribution < -0.4 is 14.5 Å². The smallest absolute Gasteiger partial charge is 0.253 e. The zero-order chi connectivity index (χ0) is 20.9. The molecule has 0 atom stereocenters. The van der Waals surface area contributed by atoms with Crippen LogP contribution in [0.1, 0.15) is 29.8 Å². The van der Waals surface area contributed by atoms with E-state index in [9.17, 15) is 13.2 Å². The highest BCUT2D eigenvalue weighted by Gasteiger charge is 2.17. The van der Waals surface area contributed by atoms with Crippen LogP contribution in [-0.4, -0.2) is 40.7 Å². The van der Waals surface area contributed by atoms with Crippen LogP contribution in [-0.2, 0) is 16.6 Å². The SMILES string of the molecule is CCN(CC)c1ccc(CNC(=O)c2cc(N(C)S(C)(=O)=O)ccc2Cl)cc1. The van der Waals surface area contributed by atoms with E-state index >= 15 is 0 Å². The van der Waals surface area contributed by atoms with Crippen molar-refractivity contribution in [3.8, 4) is 0 Å². The summed E-state index contributed by atoms with van der Waals surface area (Å²) in [6.07, 6.45) is 1.10. The molecule has 8 heteroatoms. The van der Waals surface area contributed by atoms with E-state index < -0.39 is 10.0 Å². The summed E-state index contributed by atoms with van der Waals surface area (Å²) in [5, 5.41) is 3.10. The van der Waals surface area contributed by atoms with Gasteiger partial charge in [0.2, 0.25) is 10.0 Å². The third kappa shape index (κ3) is 5.39. The van der Waals surface area contributed by atoms with Gasteiger partial charge in [0.25, 0.3) is 5.91 Å². The van der Waals surface area contributed by atoms with E-state index in [0.29, 0.717) is 12.2 Å². The molecular weight excluding hydrogens is 398 g/mol. The molecule has 28 heavy (non-hydrogen) atoms. The van der Waals surface area contributed by atoms with Crippen LogP contribution >= 0.6 is 11.6 Å². The van der Waals surface area contributed by atoms with Crippen molar-refractivity contribution in [1.82, 2.24) is 5.32 Å². The average molecular weight is 424 g/mol. The molecule has 0 aliphatic carbocycles. The lowest BCUT2D eigenvalue weighted by atomic mass is 10.1. The van der Waals surface area contributed by atoms with Crippen LogP contribution in [0.25, 0.3) is 0 Å². The van der Waals surface area contributed by atoms with Gasteiger partial charge in [0, 0.05) is 32.4 Å². The Morgan fingerprint density at radius 1 is 1.04 bits per heavy atom. The minimum atomic E-state index is -3.43. The van der Waals surface area contributed by atoms with E-state index in [-0.39, 0.29) is 16.5 Å². The Morgan fingerprint density at radius 2 is 1.61 bits per heavy atom. The number of carbonyl (C=O) groups is 1. The molecule has 0 unspecified atom stereocenters. The summed E-state index contributed by atoms with van der Waals surface area (Å²) in [7, 11) is -2.00. The fourth-order valence-corrected chi connectivity index (χ4v) is 3.47. The molecule has 152 valence electrons. The number of amides is 1. The quantitative estimate of drug-likeness (QED) is 0.705. The molecule has 0 saturated carbocycles. The van der Waals surface area contributed by atoms with Gasteiger partial charge in [-0.25, -0.2) is 8.42 Å². The van der Waals surface area contributed by atoms with Gasteiger partial charge >= 0.3 is 0 Å². The van der Waals surface area contributed by atoms with Crippen LogP contribution in [0.15, 0.2) is 42.5 Å². The molecule has 1 amide bonds. The third-order valence-corrected chi connectivity index (χ3v) is 6.11. The highest BCUT2D eigenvalue weighted by atomic mass is 35.5. The first kappa shape index (κ1) is 22.0. The molecule has 1 N–H and O–H groups in total. The Hall–Kier alpha value is -2.25. The summed E-state index contributed by atoms with van der Waals surface area (Å²) in [4.78, 5) is 14.8. The lowest BCUT2D eigenvalue weighted by molar-refractivity contribution is 0.0951. The van der Waals surface area contributed by atoms with Crippen LogP contribution in [0.2, 0.25) is 5.02 Å². The Labute approximate surface area is 172 Å². The van der Waals surface area contributed by atoms with Gasteiger partial charge in [-0.2, -0.15) is 0 Å². The van der Waals surface area contributed by atoms with Gasteiger partial charge in [-0.3, -0.25) is 9.10 Å². The van der Waals surface area contributed by atoms with Crippen LogP contribution in [0.4, 0.5) is 11.4 Å². The van der Waals surface area contributed by atoms with Crippen LogP contribution in [0, 0.1) is 0 Å². The number of sulfonamides is 1. The molecule has 0 bridgehead atoms. The number of hydrogen-bond acceptors (Lipinski definition) is 4. The van der Waals surface area contributed by atoms with Crippen molar-refractivity contribution in [3.05, 3.63) is 58.6 Å². The lowest BCUT2D eigenvalue weighted by Gasteiger charge is -2.21. The number of benzene rings is 2. The number of anilines is 2. The molecule has 0 radical (unpaired) electrons. The Balaban J connectivity index is 2.11. The molecule has 0 aliphatic rings. The molecule has 0 aliphatic heterocycles. The Morgan fingerprint density at radius 3 is 2.14 bits per heavy atom. The molecule has 6 nitrogen and oxygen atoms in total. The average Bonchev–Trinajstić information content (AvgIpc) is 2.67. The standard InChI is InChI=1S/C20H26ClN3O3S/c1-5-24(6-2)16-9-7-15(8-10-16)14-22-20(25)18-13-17(11-12-19(18)21)23(3)28(4,26)27/h7-13H,5-6,14H2,1-4H3,(H,22,25). The Bertz CT molecular complexity index is 926. The minimum absolute atomic E-state index is 0.231. The van der Waals surface area contributed by atoms with Gasteiger partial charge in [-0.05, 0) is 49.7 Å². The van der Waals surface area contributed by atoms with Crippen molar-refractivity contribution < 1.29 is 13.2 Å². The lowest BCUT2D eigenvalue weighted by Crippen LogP contribution is -2.26. The van der Waals surface area contributed by atoms with E-state index in [4.69, 9.17) is 11.6 Å². The topological polar surface area (TPSA) is 69.7 Å². The fourth-order valence-electron chi connectivity index (χ4n) is 2.77. The van der Waals surface area contributed by atoms with E-state index in [0.717, 1.165) is 34.9 Å². The van der Waals surface area contributed by atoms with E-state index in [1.165, 1.54) is 19.2 Å². The molecule has 0 heterocycles. The minimum Gasteiger partial charge on any atom is -0.372 e. The first-order chi connectivity index (χ1) is 13.2. The number of halogens is 1. The molecular formula is C20H26ClN3O3S. The maximum absolute atomic E-state index is 12.6. The van der Waals surface area contributed by atoms with E-state index in [1.54, 1.807) is 6.07 Å². The summed E-state index contributed by atoms with van der Waals surface area (Å²) in [6.45, 7) is 6.43.